The quantitative estimate of drug-likeness (QED) is 0.840. The molecule has 1 aromatic carbocycles. The number of likely N-dealkylation sites (N-methyl/N-ethyl adjacent to an activating group) is 1. The molecule has 2 unspecified atom stereocenters. The summed E-state index contributed by atoms with van der Waals surface area (Å²) in [4.78, 5) is 14.3. The molecule has 1 heterocycles. The molecule has 3 nitrogen and oxygen atoms in total. The van der Waals surface area contributed by atoms with Crippen molar-refractivity contribution >= 4 is 17.7 Å². The highest BCUT2D eigenvalue weighted by Crippen LogP contribution is 2.42. The van der Waals surface area contributed by atoms with Gasteiger partial charge in [0.05, 0.1) is 5.25 Å². The number of nitrogens with zero attached hydrogens (tertiary/aromatic N) is 1. The number of hydrogen-bond acceptors (Lipinski definition) is 3. The van der Waals surface area contributed by atoms with E-state index in [-0.39, 0.29) is 16.5 Å². The second-order valence-electron chi connectivity index (χ2n) is 4.93. The van der Waals surface area contributed by atoms with Crippen LogP contribution in [0.1, 0.15) is 30.3 Å². The van der Waals surface area contributed by atoms with E-state index in [9.17, 15) is 4.79 Å². The van der Waals surface area contributed by atoms with Crippen molar-refractivity contribution in [3.05, 3.63) is 35.4 Å². The van der Waals surface area contributed by atoms with Crippen LogP contribution < -0.4 is 5.32 Å². The third-order valence-corrected chi connectivity index (χ3v) is 4.75. The zero-order chi connectivity index (χ0) is 13.8. The smallest absolute Gasteiger partial charge is 0.236 e. The first-order chi connectivity index (χ1) is 9.13. The normalized spacial score (nSPS) is 23.1. The van der Waals surface area contributed by atoms with Gasteiger partial charge in [0.15, 0.2) is 0 Å². The summed E-state index contributed by atoms with van der Waals surface area (Å²) in [5.74, 6) is 0.259. The third kappa shape index (κ3) is 3.31. The average molecular weight is 278 g/mol. The molecule has 1 saturated heterocycles. The van der Waals surface area contributed by atoms with Crippen molar-refractivity contribution in [1.29, 1.82) is 0 Å². The molecule has 1 aromatic rings. The summed E-state index contributed by atoms with van der Waals surface area (Å²) in [6.45, 7) is 8.77. The molecule has 0 bridgehead atoms. The summed E-state index contributed by atoms with van der Waals surface area (Å²) in [6.07, 6.45) is 0. The first-order valence-corrected chi connectivity index (χ1v) is 7.81. The van der Waals surface area contributed by atoms with E-state index in [0.717, 1.165) is 19.6 Å². The molecule has 4 heteroatoms. The van der Waals surface area contributed by atoms with Gasteiger partial charge < -0.3 is 10.2 Å². The van der Waals surface area contributed by atoms with E-state index in [4.69, 9.17) is 0 Å². The molecule has 0 aromatic heterocycles. The monoisotopic (exact) mass is 278 g/mol. The number of carbonyl (C=O) groups is 1. The van der Waals surface area contributed by atoms with E-state index in [1.54, 1.807) is 11.8 Å². The Morgan fingerprint density at radius 3 is 2.89 bits per heavy atom. The van der Waals surface area contributed by atoms with E-state index in [1.165, 1.54) is 11.1 Å². The molecular weight excluding hydrogens is 256 g/mol. The Hall–Kier alpha value is -1.00. The standard InChI is InChI=1S/C15H22N2OS/c1-4-16-8-9-17-14(18)12(3)19-15(17)13-7-5-6-11(2)10-13/h5-7,10,12,15-16H,4,8-9H2,1-3H3. The fourth-order valence-corrected chi connectivity index (χ4v) is 3.66. The lowest BCUT2D eigenvalue weighted by Crippen LogP contribution is -2.36. The van der Waals surface area contributed by atoms with Crippen LogP contribution in [-0.2, 0) is 4.79 Å². The largest absolute Gasteiger partial charge is 0.324 e. The maximum atomic E-state index is 12.2. The summed E-state index contributed by atoms with van der Waals surface area (Å²) in [5.41, 5.74) is 2.48. The van der Waals surface area contributed by atoms with Crippen LogP contribution >= 0.6 is 11.8 Å². The topological polar surface area (TPSA) is 32.3 Å². The van der Waals surface area contributed by atoms with Crippen LogP contribution in [0.25, 0.3) is 0 Å². The maximum absolute atomic E-state index is 12.2. The first-order valence-electron chi connectivity index (χ1n) is 6.86. The molecule has 0 saturated carbocycles. The number of amides is 1. The van der Waals surface area contributed by atoms with Crippen molar-refractivity contribution in [2.24, 2.45) is 0 Å². The minimum atomic E-state index is 0.0622. The minimum absolute atomic E-state index is 0.0622. The van der Waals surface area contributed by atoms with Crippen LogP contribution in [0.2, 0.25) is 0 Å². The van der Waals surface area contributed by atoms with E-state index < -0.39 is 0 Å². The lowest BCUT2D eigenvalue weighted by molar-refractivity contribution is -0.129. The molecule has 0 spiro atoms. The number of rotatable bonds is 5. The van der Waals surface area contributed by atoms with Crippen molar-refractivity contribution in [3.63, 3.8) is 0 Å². The fraction of sp³-hybridized carbons (Fsp3) is 0.533. The summed E-state index contributed by atoms with van der Waals surface area (Å²) in [5, 5.41) is 3.52. The summed E-state index contributed by atoms with van der Waals surface area (Å²) < 4.78 is 0. The van der Waals surface area contributed by atoms with Crippen LogP contribution in [0.4, 0.5) is 0 Å². The van der Waals surface area contributed by atoms with Crippen molar-refractivity contribution in [2.45, 2.75) is 31.4 Å². The van der Waals surface area contributed by atoms with Gasteiger partial charge in [-0.3, -0.25) is 4.79 Å². The van der Waals surface area contributed by atoms with Gasteiger partial charge in [0.25, 0.3) is 0 Å². The molecule has 1 amide bonds. The Balaban J connectivity index is 2.15. The number of nitrogens with one attached hydrogen (secondary N) is 1. The zero-order valence-corrected chi connectivity index (χ0v) is 12.7. The SMILES string of the molecule is CCNCCN1C(=O)C(C)SC1c1cccc(C)c1. The van der Waals surface area contributed by atoms with Crippen LogP contribution in [0.3, 0.4) is 0 Å². The highest BCUT2D eigenvalue weighted by Gasteiger charge is 2.37. The van der Waals surface area contributed by atoms with Gasteiger partial charge in [-0.15, -0.1) is 11.8 Å². The predicted octanol–water partition coefficient (Wildman–Crippen LogP) is 2.57. The fourth-order valence-electron chi connectivity index (χ4n) is 2.36. The van der Waals surface area contributed by atoms with Gasteiger partial charge >= 0.3 is 0 Å². The molecule has 19 heavy (non-hydrogen) atoms. The number of carbonyl (C=O) groups excluding carboxylic acids is 1. The van der Waals surface area contributed by atoms with E-state index >= 15 is 0 Å². The van der Waals surface area contributed by atoms with Gasteiger partial charge in [0.1, 0.15) is 5.37 Å². The average Bonchev–Trinajstić information content (AvgIpc) is 2.67. The van der Waals surface area contributed by atoms with Crippen LogP contribution in [0.5, 0.6) is 0 Å². The molecule has 2 atom stereocenters. The van der Waals surface area contributed by atoms with Crippen molar-refractivity contribution < 1.29 is 4.79 Å². The predicted molar refractivity (Wildman–Crippen MR) is 81.2 cm³/mol. The lowest BCUT2D eigenvalue weighted by Gasteiger charge is -2.24. The highest BCUT2D eigenvalue weighted by atomic mass is 32.2. The van der Waals surface area contributed by atoms with E-state index in [0.29, 0.717) is 0 Å². The van der Waals surface area contributed by atoms with Crippen LogP contribution in [0, 0.1) is 6.92 Å². The molecule has 2 rings (SSSR count). The molecule has 0 aliphatic carbocycles. The third-order valence-electron chi connectivity index (χ3n) is 3.35. The number of hydrogen-bond donors (Lipinski definition) is 1. The summed E-state index contributed by atoms with van der Waals surface area (Å²) in [7, 11) is 0. The Morgan fingerprint density at radius 2 is 2.21 bits per heavy atom. The van der Waals surface area contributed by atoms with Gasteiger partial charge in [-0.05, 0) is 26.0 Å². The Kier molecular flexibility index (Phi) is 4.88. The van der Waals surface area contributed by atoms with E-state index in [2.05, 4.69) is 43.4 Å². The number of thioether (sulfide) groups is 1. The summed E-state index contributed by atoms with van der Waals surface area (Å²) in [6, 6.07) is 8.47. The lowest BCUT2D eigenvalue weighted by atomic mass is 10.1. The van der Waals surface area contributed by atoms with Gasteiger partial charge in [0.2, 0.25) is 5.91 Å². The van der Waals surface area contributed by atoms with Gasteiger partial charge in [-0.25, -0.2) is 0 Å². The summed E-state index contributed by atoms with van der Waals surface area (Å²) >= 11 is 1.75. The number of benzene rings is 1. The number of aryl methyl sites for hydroxylation is 1. The maximum Gasteiger partial charge on any atom is 0.236 e. The van der Waals surface area contributed by atoms with Crippen molar-refractivity contribution in [3.8, 4) is 0 Å². The molecular formula is C15H22N2OS. The van der Waals surface area contributed by atoms with Gasteiger partial charge in [0, 0.05) is 13.1 Å². The Labute approximate surface area is 119 Å². The van der Waals surface area contributed by atoms with Gasteiger partial charge in [-0.1, -0.05) is 36.8 Å². The molecule has 0 radical (unpaired) electrons. The van der Waals surface area contributed by atoms with Gasteiger partial charge in [-0.2, -0.15) is 0 Å². The van der Waals surface area contributed by atoms with E-state index in [1.807, 2.05) is 11.8 Å². The Bertz CT molecular complexity index is 450. The molecule has 1 fully saturated rings. The first kappa shape index (κ1) is 14.4. The van der Waals surface area contributed by atoms with Crippen LogP contribution in [-0.4, -0.2) is 35.7 Å². The highest BCUT2D eigenvalue weighted by molar-refractivity contribution is 8.01. The molecule has 1 aliphatic heterocycles. The molecule has 1 N–H and O–H groups in total. The van der Waals surface area contributed by atoms with Crippen molar-refractivity contribution in [1.82, 2.24) is 10.2 Å². The Morgan fingerprint density at radius 1 is 1.42 bits per heavy atom. The minimum Gasteiger partial charge on any atom is -0.324 e. The van der Waals surface area contributed by atoms with Crippen LogP contribution in [0.15, 0.2) is 24.3 Å². The molecule has 104 valence electrons. The second-order valence-corrected chi connectivity index (χ2v) is 6.36. The molecule has 1 aliphatic rings. The second kappa shape index (κ2) is 6.44. The zero-order valence-electron chi connectivity index (χ0n) is 11.8. The van der Waals surface area contributed by atoms with Crippen molar-refractivity contribution in [2.75, 3.05) is 19.6 Å².